The van der Waals surface area contributed by atoms with Gasteiger partial charge in [-0.25, -0.2) is 0 Å². The zero-order chi connectivity index (χ0) is 43.7. The molecule has 56 heavy (non-hydrogen) atoms. The molecular formula is C47H79NO6S2. The Labute approximate surface area is 353 Å². The lowest BCUT2D eigenvalue weighted by Gasteiger charge is -2.39. The number of methoxy groups -OCH3 is 1. The van der Waals surface area contributed by atoms with Gasteiger partial charge in [0.2, 0.25) is 11.8 Å². The topological polar surface area (TPSA) is 90.0 Å². The van der Waals surface area contributed by atoms with Crippen LogP contribution in [0.25, 0.3) is 0 Å². The Kier molecular flexibility index (Phi) is 28.5. The first kappa shape index (κ1) is 55.5. The number of imide groups is 1. The molecule has 0 aliphatic carbocycles. The lowest BCUT2D eigenvalue weighted by Crippen LogP contribution is -2.42. The first-order chi connectivity index (χ1) is 26.2. The van der Waals surface area contributed by atoms with E-state index < -0.39 is 22.7 Å². The average Bonchev–Trinajstić information content (AvgIpc) is 3.47. The van der Waals surface area contributed by atoms with Crippen LogP contribution in [-0.2, 0) is 28.7 Å². The highest BCUT2D eigenvalue weighted by molar-refractivity contribution is 8.11. The van der Waals surface area contributed by atoms with Gasteiger partial charge in [-0.2, -0.15) is 0 Å². The third-order valence-corrected chi connectivity index (χ3v) is 11.3. The van der Waals surface area contributed by atoms with Crippen molar-refractivity contribution in [3.05, 3.63) is 60.8 Å². The Morgan fingerprint density at radius 2 is 1.45 bits per heavy atom. The molecule has 0 N–H and O–H groups in total. The van der Waals surface area contributed by atoms with E-state index in [0.29, 0.717) is 12.5 Å². The summed E-state index contributed by atoms with van der Waals surface area (Å²) >= 11 is 8.69. The van der Waals surface area contributed by atoms with Crippen LogP contribution < -0.4 is 0 Å². The fraction of sp³-hybridized carbons (Fsp3) is 0.681. The molecule has 1 saturated heterocycles. The number of allylic oxidation sites excluding steroid dienone is 1. The number of carbonyl (C=O) groups is 4. The number of nitrogens with zero attached hydrogens (tertiary/aromatic N) is 1. The van der Waals surface area contributed by atoms with E-state index in [9.17, 15) is 19.2 Å². The predicted octanol–water partition coefficient (Wildman–Crippen LogP) is 12.4. The van der Waals surface area contributed by atoms with Crippen molar-refractivity contribution in [2.24, 2.45) is 34.0 Å². The minimum atomic E-state index is -0.959. The molecule has 1 aliphatic heterocycles. The van der Waals surface area contributed by atoms with Crippen LogP contribution in [0.3, 0.4) is 0 Å². The Hall–Kier alpha value is -2.62. The lowest BCUT2D eigenvalue weighted by molar-refractivity contribution is -0.157. The molecule has 7 nitrogen and oxygen atoms in total. The molecule has 2 amide bonds. The molecule has 0 bridgehead atoms. The molecule has 1 aromatic carbocycles. The number of ether oxygens (including phenoxy) is 2. The minimum Gasteiger partial charge on any atom is -0.465 e. The molecule has 2 rings (SSSR count). The third kappa shape index (κ3) is 18.3. The fourth-order valence-corrected chi connectivity index (χ4v) is 7.03. The molecule has 1 aromatic rings. The van der Waals surface area contributed by atoms with Crippen LogP contribution in [0.1, 0.15) is 159 Å². The summed E-state index contributed by atoms with van der Waals surface area (Å²) in [6.07, 6.45) is 12.5. The molecule has 1 fully saturated rings. The molecule has 0 radical (unpaired) electrons. The van der Waals surface area contributed by atoms with Gasteiger partial charge in [0.15, 0.2) is 0 Å². The van der Waals surface area contributed by atoms with Crippen molar-refractivity contribution in [3.8, 4) is 0 Å². The second kappa shape index (κ2) is 28.7. The van der Waals surface area contributed by atoms with Crippen molar-refractivity contribution in [1.29, 1.82) is 0 Å². The van der Waals surface area contributed by atoms with Gasteiger partial charge >= 0.3 is 5.97 Å². The summed E-state index contributed by atoms with van der Waals surface area (Å²) < 4.78 is 11.2. The van der Waals surface area contributed by atoms with Gasteiger partial charge in [0.25, 0.3) is 0 Å². The number of aldehydes is 1. The van der Waals surface area contributed by atoms with Gasteiger partial charge in [-0.3, -0.25) is 19.3 Å². The van der Waals surface area contributed by atoms with Crippen LogP contribution in [0.4, 0.5) is 0 Å². The van der Waals surface area contributed by atoms with Gasteiger partial charge in [0.05, 0.1) is 23.9 Å². The number of carbonyl (C=O) groups excluding carboxylic acids is 4. The Morgan fingerprint density at radius 1 is 0.911 bits per heavy atom. The largest absolute Gasteiger partial charge is 0.465 e. The maximum atomic E-state index is 13.4. The maximum absolute atomic E-state index is 13.4. The van der Waals surface area contributed by atoms with E-state index in [0.717, 1.165) is 73.4 Å². The Morgan fingerprint density at radius 3 is 1.88 bits per heavy atom. The van der Waals surface area contributed by atoms with Crippen LogP contribution in [-0.4, -0.2) is 53.5 Å². The van der Waals surface area contributed by atoms with Gasteiger partial charge in [-0.05, 0) is 87.7 Å². The van der Waals surface area contributed by atoms with E-state index in [1.165, 1.54) is 24.5 Å². The van der Waals surface area contributed by atoms with E-state index in [2.05, 4.69) is 65.6 Å². The van der Waals surface area contributed by atoms with Gasteiger partial charge in [-0.1, -0.05) is 144 Å². The number of rotatable bonds is 22. The molecule has 0 saturated carbocycles. The average molecular weight is 818 g/mol. The van der Waals surface area contributed by atoms with Crippen molar-refractivity contribution >= 4 is 53.1 Å². The molecule has 0 aromatic heterocycles. The molecule has 4 unspecified atom stereocenters. The number of benzene rings is 1. The van der Waals surface area contributed by atoms with Crippen molar-refractivity contribution in [2.45, 2.75) is 153 Å². The van der Waals surface area contributed by atoms with E-state index in [1.54, 1.807) is 21.0 Å². The van der Waals surface area contributed by atoms with Gasteiger partial charge in [0, 0.05) is 29.0 Å². The summed E-state index contributed by atoms with van der Waals surface area (Å²) in [5.74, 6) is -1.43. The number of thiocarbonyl (C=S) groups is 1. The molecule has 1 aliphatic rings. The standard InChI is InChI=1S/C25H33NO3.C15H30O3.C5H10S2.C2H6/c1-8-17(3)26-22(28)20(21(23(26)29)25(6,7)16-27)24(4,5)15-18(9-2)19-13-11-10-12-14-19;1-6-13(2)15(3,4)14(16)18-12-10-8-7-9-11-17-5;1-2-3-4-5(6)7;1-2/h8,10-14,16,18,20-21H,1,3,9,15H2,2,4-7H3;13H,6-12H2,1-5H3;2-4H2,1H3,(H,6,7);1-2H3. The second-order valence-corrected chi connectivity index (χ2v) is 17.7. The summed E-state index contributed by atoms with van der Waals surface area (Å²) in [4.78, 5) is 51.6. The summed E-state index contributed by atoms with van der Waals surface area (Å²) in [6.45, 7) is 32.8. The molecule has 0 spiro atoms. The van der Waals surface area contributed by atoms with Gasteiger partial charge in [0.1, 0.15) is 6.29 Å². The van der Waals surface area contributed by atoms with Gasteiger partial charge < -0.3 is 14.3 Å². The number of amides is 2. The number of hydrogen-bond donors (Lipinski definition) is 1. The highest BCUT2D eigenvalue weighted by Gasteiger charge is 2.59. The lowest BCUT2D eigenvalue weighted by atomic mass is 9.61. The number of unbranched alkanes of at least 4 members (excludes halogenated alkanes) is 4. The predicted molar refractivity (Wildman–Crippen MR) is 243 cm³/mol. The molecule has 1 heterocycles. The van der Waals surface area contributed by atoms with E-state index >= 15 is 0 Å². The van der Waals surface area contributed by atoms with E-state index in [-0.39, 0.29) is 34.8 Å². The zero-order valence-corrected chi connectivity index (χ0v) is 39.2. The Balaban J connectivity index is 0. The molecule has 320 valence electrons. The number of thiol groups is 1. The van der Waals surface area contributed by atoms with Crippen LogP contribution in [0, 0.1) is 34.0 Å². The first-order valence-electron chi connectivity index (χ1n) is 20.8. The third-order valence-electron chi connectivity index (χ3n) is 10.9. The first-order valence-corrected chi connectivity index (χ1v) is 21.7. The SMILES string of the molecule is C=CC(=C)N1C(=O)C(C(C)(C)C=O)C(C(C)(C)CC(CC)c2ccccc2)C1=O.CC.CCC(C)C(C)(C)C(=O)OCCCCCCOC.CCCCC(=S)S. The summed E-state index contributed by atoms with van der Waals surface area (Å²) in [5.41, 5.74) is -0.340. The minimum absolute atomic E-state index is 0.0614. The smallest absolute Gasteiger partial charge is 0.311 e. The van der Waals surface area contributed by atoms with Crippen molar-refractivity contribution in [2.75, 3.05) is 20.3 Å². The number of esters is 1. The highest BCUT2D eigenvalue weighted by Crippen LogP contribution is 2.51. The van der Waals surface area contributed by atoms with Crippen LogP contribution in [0.15, 0.2) is 55.3 Å². The number of likely N-dealkylation sites (tertiary alicyclic amines) is 1. The van der Waals surface area contributed by atoms with E-state index in [1.807, 2.05) is 59.7 Å². The number of hydrogen-bond acceptors (Lipinski definition) is 7. The quantitative estimate of drug-likeness (QED) is 0.0237. The summed E-state index contributed by atoms with van der Waals surface area (Å²) in [5, 5.41) is 0. The fourth-order valence-electron chi connectivity index (χ4n) is 6.73. The maximum Gasteiger partial charge on any atom is 0.311 e. The Bertz CT molecular complexity index is 1340. The van der Waals surface area contributed by atoms with Crippen LogP contribution in [0.2, 0.25) is 0 Å². The molecule has 4 atom stereocenters. The van der Waals surface area contributed by atoms with Crippen LogP contribution >= 0.6 is 24.8 Å². The monoisotopic (exact) mass is 818 g/mol. The van der Waals surface area contributed by atoms with Crippen molar-refractivity contribution in [3.63, 3.8) is 0 Å². The molecular weight excluding hydrogens is 739 g/mol. The van der Waals surface area contributed by atoms with Gasteiger partial charge in [-0.15, -0.1) is 12.6 Å². The normalized spacial score (nSPS) is 16.5. The van der Waals surface area contributed by atoms with Crippen molar-refractivity contribution < 1.29 is 28.7 Å². The highest BCUT2D eigenvalue weighted by atomic mass is 32.1. The second-order valence-electron chi connectivity index (χ2n) is 16.4. The van der Waals surface area contributed by atoms with Crippen LogP contribution in [0.5, 0.6) is 0 Å². The molecule has 9 heteroatoms. The summed E-state index contributed by atoms with van der Waals surface area (Å²) in [7, 11) is 1.72. The van der Waals surface area contributed by atoms with Crippen molar-refractivity contribution in [1.82, 2.24) is 4.90 Å². The zero-order valence-electron chi connectivity index (χ0n) is 37.5. The summed E-state index contributed by atoms with van der Waals surface area (Å²) in [6, 6.07) is 10.2. The van der Waals surface area contributed by atoms with E-state index in [4.69, 9.17) is 21.7 Å².